The van der Waals surface area contributed by atoms with E-state index < -0.39 is 10.0 Å². The van der Waals surface area contributed by atoms with E-state index in [1.807, 2.05) is 13.8 Å². The first-order chi connectivity index (χ1) is 11.2. The van der Waals surface area contributed by atoms with Crippen LogP contribution >= 0.6 is 11.6 Å². The molecule has 0 fully saturated rings. The van der Waals surface area contributed by atoms with E-state index in [9.17, 15) is 13.2 Å². The average molecular weight is 375 g/mol. The second-order valence-electron chi connectivity index (χ2n) is 6.05. The Balaban J connectivity index is 3.30. The van der Waals surface area contributed by atoms with Gasteiger partial charge in [-0.15, -0.1) is 0 Å². The summed E-state index contributed by atoms with van der Waals surface area (Å²) in [6, 6.07) is 4.13. The first kappa shape index (κ1) is 20.9. The zero-order valence-electron chi connectivity index (χ0n) is 15.0. The van der Waals surface area contributed by atoms with E-state index in [-0.39, 0.29) is 27.4 Å². The minimum atomic E-state index is -3.66. The van der Waals surface area contributed by atoms with Gasteiger partial charge in [0.25, 0.3) is 5.91 Å². The van der Waals surface area contributed by atoms with Crippen LogP contribution in [0.3, 0.4) is 0 Å². The van der Waals surface area contributed by atoms with Crippen molar-refractivity contribution in [1.29, 1.82) is 0 Å². The Hall–Kier alpha value is -1.11. The molecule has 0 aliphatic rings. The van der Waals surface area contributed by atoms with Crippen LogP contribution in [0.4, 0.5) is 0 Å². The molecule has 0 radical (unpaired) electrons. The number of hydrogen-bond donors (Lipinski definition) is 0. The number of carbonyl (C=O) groups is 1. The number of sulfonamides is 1. The van der Waals surface area contributed by atoms with Gasteiger partial charge in [0, 0.05) is 26.2 Å². The number of halogens is 1. The van der Waals surface area contributed by atoms with Crippen molar-refractivity contribution in [2.45, 2.75) is 51.5 Å². The van der Waals surface area contributed by atoms with Crippen LogP contribution in [0, 0.1) is 0 Å². The van der Waals surface area contributed by atoms with Gasteiger partial charge in [0.1, 0.15) is 0 Å². The van der Waals surface area contributed by atoms with E-state index in [0.29, 0.717) is 13.1 Å². The van der Waals surface area contributed by atoms with Gasteiger partial charge in [0.05, 0.1) is 15.5 Å². The van der Waals surface area contributed by atoms with Gasteiger partial charge < -0.3 is 4.90 Å². The maximum atomic E-state index is 12.8. The molecule has 5 nitrogen and oxygen atoms in total. The molecule has 0 unspecified atom stereocenters. The SMILES string of the molecule is CCCN(CCC)C(=O)c1cc(S(=O)(=O)N(C)C(C)C)ccc1Cl. The molecule has 0 heterocycles. The molecule has 1 aromatic carbocycles. The molecule has 1 rings (SSSR count). The molecule has 0 spiro atoms. The Kier molecular flexibility index (Phi) is 7.70. The number of carbonyl (C=O) groups excluding carboxylic acids is 1. The largest absolute Gasteiger partial charge is 0.339 e. The third-order valence-electron chi connectivity index (χ3n) is 3.85. The lowest BCUT2D eigenvalue weighted by Crippen LogP contribution is -2.34. The second-order valence-corrected chi connectivity index (χ2v) is 8.45. The first-order valence-corrected chi connectivity index (χ1v) is 10.0. The monoisotopic (exact) mass is 374 g/mol. The van der Waals surface area contributed by atoms with Crippen LogP contribution in [0.25, 0.3) is 0 Å². The fourth-order valence-electron chi connectivity index (χ4n) is 2.30. The Morgan fingerprint density at radius 3 is 2.17 bits per heavy atom. The molecule has 0 N–H and O–H groups in total. The highest BCUT2D eigenvalue weighted by Gasteiger charge is 2.26. The third-order valence-corrected chi connectivity index (χ3v) is 6.21. The van der Waals surface area contributed by atoms with Crippen molar-refractivity contribution in [3.05, 3.63) is 28.8 Å². The summed E-state index contributed by atoms with van der Waals surface area (Å²) in [6.07, 6.45) is 1.66. The molecular weight excluding hydrogens is 348 g/mol. The Labute approximate surface area is 150 Å². The lowest BCUT2D eigenvalue weighted by Gasteiger charge is -2.24. The molecule has 0 aliphatic carbocycles. The second kappa shape index (κ2) is 8.83. The van der Waals surface area contributed by atoms with E-state index in [4.69, 9.17) is 11.6 Å². The minimum Gasteiger partial charge on any atom is -0.339 e. The maximum Gasteiger partial charge on any atom is 0.255 e. The Morgan fingerprint density at radius 2 is 1.71 bits per heavy atom. The number of hydrogen-bond acceptors (Lipinski definition) is 3. The predicted octanol–water partition coefficient (Wildman–Crippen LogP) is 3.63. The molecule has 1 amide bonds. The normalized spacial score (nSPS) is 12.0. The molecule has 7 heteroatoms. The van der Waals surface area contributed by atoms with Crippen molar-refractivity contribution >= 4 is 27.5 Å². The molecular formula is C17H27ClN2O3S. The molecule has 0 bridgehead atoms. The van der Waals surface area contributed by atoms with E-state index >= 15 is 0 Å². The maximum absolute atomic E-state index is 12.8. The molecule has 24 heavy (non-hydrogen) atoms. The quantitative estimate of drug-likeness (QED) is 0.698. The van der Waals surface area contributed by atoms with Crippen LogP contribution in [0.5, 0.6) is 0 Å². The number of nitrogens with zero attached hydrogens (tertiary/aromatic N) is 2. The van der Waals surface area contributed by atoms with Crippen molar-refractivity contribution in [2.75, 3.05) is 20.1 Å². The van der Waals surface area contributed by atoms with Gasteiger partial charge in [-0.2, -0.15) is 4.31 Å². The van der Waals surface area contributed by atoms with Gasteiger partial charge in [-0.05, 0) is 44.9 Å². The number of rotatable bonds is 8. The predicted molar refractivity (Wildman–Crippen MR) is 98.0 cm³/mol. The van der Waals surface area contributed by atoms with Crippen LogP contribution in [-0.2, 0) is 10.0 Å². The highest BCUT2D eigenvalue weighted by Crippen LogP contribution is 2.24. The van der Waals surface area contributed by atoms with E-state index in [0.717, 1.165) is 12.8 Å². The van der Waals surface area contributed by atoms with Crippen molar-refractivity contribution in [2.24, 2.45) is 0 Å². The molecule has 136 valence electrons. The van der Waals surface area contributed by atoms with E-state index in [1.165, 1.54) is 29.6 Å². The summed E-state index contributed by atoms with van der Waals surface area (Å²) >= 11 is 6.17. The van der Waals surface area contributed by atoms with E-state index in [2.05, 4.69) is 0 Å². The van der Waals surface area contributed by atoms with Crippen molar-refractivity contribution in [3.8, 4) is 0 Å². The minimum absolute atomic E-state index is 0.0828. The standard InChI is InChI=1S/C17H27ClN2O3S/c1-6-10-20(11-7-2)17(21)15-12-14(8-9-16(15)18)24(22,23)19(5)13(3)4/h8-9,12-13H,6-7,10-11H2,1-5H3. The summed E-state index contributed by atoms with van der Waals surface area (Å²) in [6.45, 7) is 8.82. The molecule has 0 saturated carbocycles. The fourth-order valence-corrected chi connectivity index (χ4v) is 3.89. The Bertz CT molecular complexity index is 668. The van der Waals surface area contributed by atoms with Crippen LogP contribution in [0.1, 0.15) is 50.9 Å². The summed E-state index contributed by atoms with van der Waals surface area (Å²) < 4.78 is 26.6. The number of amides is 1. The number of benzene rings is 1. The summed E-state index contributed by atoms with van der Waals surface area (Å²) in [4.78, 5) is 14.6. The Morgan fingerprint density at radius 1 is 1.17 bits per heavy atom. The molecule has 0 aromatic heterocycles. The zero-order chi connectivity index (χ0) is 18.5. The van der Waals surface area contributed by atoms with Gasteiger partial charge in [0.15, 0.2) is 0 Å². The average Bonchev–Trinajstić information content (AvgIpc) is 2.53. The van der Waals surface area contributed by atoms with Gasteiger partial charge in [-0.1, -0.05) is 25.4 Å². The molecule has 1 aromatic rings. The van der Waals surface area contributed by atoms with Crippen molar-refractivity contribution in [3.63, 3.8) is 0 Å². The van der Waals surface area contributed by atoms with Crippen LogP contribution in [0.2, 0.25) is 5.02 Å². The van der Waals surface area contributed by atoms with Gasteiger partial charge >= 0.3 is 0 Å². The van der Waals surface area contributed by atoms with Gasteiger partial charge in [-0.3, -0.25) is 4.79 Å². The lowest BCUT2D eigenvalue weighted by atomic mass is 10.2. The highest BCUT2D eigenvalue weighted by molar-refractivity contribution is 7.89. The smallest absolute Gasteiger partial charge is 0.255 e. The molecule has 0 saturated heterocycles. The first-order valence-electron chi connectivity index (χ1n) is 8.23. The zero-order valence-corrected chi connectivity index (χ0v) is 16.6. The lowest BCUT2D eigenvalue weighted by molar-refractivity contribution is 0.0755. The molecule has 0 aliphatic heterocycles. The molecule has 0 atom stereocenters. The fraction of sp³-hybridized carbons (Fsp3) is 0.588. The van der Waals surface area contributed by atoms with E-state index in [1.54, 1.807) is 18.7 Å². The van der Waals surface area contributed by atoms with Crippen molar-refractivity contribution < 1.29 is 13.2 Å². The van der Waals surface area contributed by atoms with Crippen molar-refractivity contribution in [1.82, 2.24) is 9.21 Å². The highest BCUT2D eigenvalue weighted by atomic mass is 35.5. The summed E-state index contributed by atoms with van der Waals surface area (Å²) in [5, 5.41) is 0.267. The van der Waals surface area contributed by atoms with Crippen LogP contribution in [-0.4, -0.2) is 49.7 Å². The van der Waals surface area contributed by atoms with Crippen LogP contribution in [0.15, 0.2) is 23.1 Å². The summed E-state index contributed by atoms with van der Waals surface area (Å²) in [7, 11) is -2.13. The topological polar surface area (TPSA) is 57.7 Å². The summed E-state index contributed by atoms with van der Waals surface area (Å²) in [5.41, 5.74) is 0.233. The van der Waals surface area contributed by atoms with Crippen LogP contribution < -0.4 is 0 Å². The van der Waals surface area contributed by atoms with Gasteiger partial charge in [0.2, 0.25) is 10.0 Å². The van der Waals surface area contributed by atoms with Gasteiger partial charge in [-0.25, -0.2) is 8.42 Å². The third kappa shape index (κ3) is 4.71. The summed E-state index contributed by atoms with van der Waals surface area (Å²) in [5.74, 6) is -0.229.